The number of aryl methyl sites for hydroxylation is 2. The topological polar surface area (TPSA) is 38.9 Å². The Kier molecular flexibility index (Phi) is 3.34. The molecule has 1 aromatic carbocycles. The lowest BCUT2D eigenvalue weighted by atomic mass is 10.00. The van der Waals surface area contributed by atoms with Crippen LogP contribution in [-0.2, 0) is 6.42 Å². The molecule has 0 aliphatic rings. The first-order valence-electron chi connectivity index (χ1n) is 5.63. The highest BCUT2D eigenvalue weighted by atomic mass is 35.5. The number of hydrogen-bond acceptors (Lipinski definition) is 2. The van der Waals surface area contributed by atoms with Crippen LogP contribution in [0.5, 0.6) is 0 Å². The molecule has 0 fully saturated rings. The van der Waals surface area contributed by atoms with Crippen molar-refractivity contribution in [2.75, 3.05) is 5.73 Å². The summed E-state index contributed by atoms with van der Waals surface area (Å²) in [7, 11) is 0. The van der Waals surface area contributed by atoms with Crippen molar-refractivity contribution in [2.45, 2.75) is 20.3 Å². The van der Waals surface area contributed by atoms with Gasteiger partial charge in [-0.3, -0.25) is 4.98 Å². The molecule has 2 N–H and O–H groups in total. The van der Waals surface area contributed by atoms with E-state index in [0.29, 0.717) is 0 Å². The van der Waals surface area contributed by atoms with Gasteiger partial charge in [0.2, 0.25) is 0 Å². The van der Waals surface area contributed by atoms with E-state index in [1.807, 2.05) is 31.2 Å². The van der Waals surface area contributed by atoms with Crippen LogP contribution < -0.4 is 5.73 Å². The predicted octanol–water partition coefficient (Wildman–Crippen LogP) is 3.86. The third-order valence-electron chi connectivity index (χ3n) is 2.85. The van der Waals surface area contributed by atoms with E-state index in [1.165, 1.54) is 0 Å². The molecular weight excluding hydrogens is 232 g/mol. The molecule has 0 saturated heterocycles. The smallest absolute Gasteiger partial charge is 0.0699 e. The van der Waals surface area contributed by atoms with Gasteiger partial charge in [0.1, 0.15) is 0 Å². The Morgan fingerprint density at radius 1 is 1.24 bits per heavy atom. The van der Waals surface area contributed by atoms with Gasteiger partial charge < -0.3 is 5.73 Å². The second kappa shape index (κ2) is 4.76. The van der Waals surface area contributed by atoms with E-state index in [2.05, 4.69) is 11.9 Å². The Bertz CT molecular complexity index is 550. The molecule has 17 heavy (non-hydrogen) atoms. The maximum absolute atomic E-state index is 6.36. The Balaban J connectivity index is 2.64. The van der Waals surface area contributed by atoms with Crippen LogP contribution in [0.25, 0.3) is 11.1 Å². The van der Waals surface area contributed by atoms with Crippen molar-refractivity contribution < 1.29 is 0 Å². The van der Waals surface area contributed by atoms with Gasteiger partial charge in [0.15, 0.2) is 0 Å². The Labute approximate surface area is 106 Å². The van der Waals surface area contributed by atoms with E-state index in [4.69, 9.17) is 17.3 Å². The van der Waals surface area contributed by atoms with Crippen LogP contribution in [0.15, 0.2) is 30.5 Å². The largest absolute Gasteiger partial charge is 0.399 e. The summed E-state index contributed by atoms with van der Waals surface area (Å²) in [5.74, 6) is 0. The fraction of sp³-hybridized carbons (Fsp3) is 0.214. The van der Waals surface area contributed by atoms with Gasteiger partial charge in [-0.25, -0.2) is 0 Å². The van der Waals surface area contributed by atoms with Crippen LogP contribution in [0.4, 0.5) is 5.69 Å². The Morgan fingerprint density at radius 3 is 2.71 bits per heavy atom. The first kappa shape index (κ1) is 11.9. The number of nitrogens with two attached hydrogens (primary N) is 1. The molecule has 0 aliphatic carbocycles. The summed E-state index contributed by atoms with van der Waals surface area (Å²) < 4.78 is 0. The van der Waals surface area contributed by atoms with E-state index in [-0.39, 0.29) is 0 Å². The molecule has 88 valence electrons. The van der Waals surface area contributed by atoms with Gasteiger partial charge in [0, 0.05) is 17.4 Å². The van der Waals surface area contributed by atoms with E-state index in [1.54, 1.807) is 6.20 Å². The van der Waals surface area contributed by atoms with Gasteiger partial charge in [-0.15, -0.1) is 0 Å². The maximum atomic E-state index is 6.36. The van der Waals surface area contributed by atoms with Crippen molar-refractivity contribution in [1.82, 2.24) is 4.98 Å². The molecule has 0 aliphatic heterocycles. The van der Waals surface area contributed by atoms with Crippen LogP contribution in [0.1, 0.15) is 18.2 Å². The quantitative estimate of drug-likeness (QED) is 0.818. The minimum atomic E-state index is 0.726. The molecule has 2 nitrogen and oxygen atoms in total. The molecule has 0 atom stereocenters. The molecule has 0 amide bonds. The number of anilines is 1. The standard InChI is InChI=1S/C14H15ClN2/c1-3-13-14(15)11(6-7-17-13)12-8-10(16)5-4-9(12)2/h4-8H,3,16H2,1-2H3. The van der Waals surface area contributed by atoms with Crippen molar-refractivity contribution in [3.63, 3.8) is 0 Å². The number of halogens is 1. The van der Waals surface area contributed by atoms with Gasteiger partial charge >= 0.3 is 0 Å². The van der Waals surface area contributed by atoms with E-state index >= 15 is 0 Å². The van der Waals surface area contributed by atoms with Crippen molar-refractivity contribution >= 4 is 17.3 Å². The first-order valence-corrected chi connectivity index (χ1v) is 6.01. The number of benzene rings is 1. The van der Waals surface area contributed by atoms with E-state index in [0.717, 1.165) is 39.5 Å². The fourth-order valence-electron chi connectivity index (χ4n) is 1.87. The van der Waals surface area contributed by atoms with Crippen LogP contribution in [0.2, 0.25) is 5.02 Å². The van der Waals surface area contributed by atoms with Gasteiger partial charge in [-0.1, -0.05) is 24.6 Å². The molecule has 0 unspecified atom stereocenters. The molecular formula is C14H15ClN2. The number of rotatable bonds is 2. The summed E-state index contributed by atoms with van der Waals surface area (Å²) in [5, 5.41) is 0.726. The van der Waals surface area contributed by atoms with Crippen LogP contribution in [-0.4, -0.2) is 4.98 Å². The summed E-state index contributed by atoms with van der Waals surface area (Å²) in [6.07, 6.45) is 2.62. The second-order valence-electron chi connectivity index (χ2n) is 4.05. The molecule has 1 aromatic heterocycles. The van der Waals surface area contributed by atoms with Crippen molar-refractivity contribution in [2.24, 2.45) is 0 Å². The summed E-state index contributed by atoms with van der Waals surface area (Å²) in [6, 6.07) is 7.79. The SMILES string of the molecule is CCc1nccc(-c2cc(N)ccc2C)c1Cl. The van der Waals surface area contributed by atoms with Crippen LogP contribution in [0.3, 0.4) is 0 Å². The maximum Gasteiger partial charge on any atom is 0.0699 e. The lowest BCUT2D eigenvalue weighted by Crippen LogP contribution is -1.94. The molecule has 2 aromatic rings. The zero-order valence-corrected chi connectivity index (χ0v) is 10.8. The van der Waals surface area contributed by atoms with Crippen molar-refractivity contribution in [3.8, 4) is 11.1 Å². The lowest BCUT2D eigenvalue weighted by molar-refractivity contribution is 1.04. The minimum Gasteiger partial charge on any atom is -0.399 e. The van der Waals surface area contributed by atoms with Gasteiger partial charge in [0.05, 0.1) is 10.7 Å². The predicted molar refractivity (Wildman–Crippen MR) is 73.2 cm³/mol. The highest BCUT2D eigenvalue weighted by Gasteiger charge is 2.10. The highest BCUT2D eigenvalue weighted by molar-refractivity contribution is 6.34. The summed E-state index contributed by atoms with van der Waals surface area (Å²) in [5.41, 5.74) is 10.7. The van der Waals surface area contributed by atoms with Crippen molar-refractivity contribution in [3.05, 3.63) is 46.7 Å². The van der Waals surface area contributed by atoms with Crippen LogP contribution in [0, 0.1) is 6.92 Å². The zero-order valence-electron chi connectivity index (χ0n) is 10.00. The molecule has 2 rings (SSSR count). The van der Waals surface area contributed by atoms with Gasteiger partial charge in [-0.2, -0.15) is 0 Å². The first-order chi connectivity index (χ1) is 8.13. The zero-order chi connectivity index (χ0) is 12.4. The summed E-state index contributed by atoms with van der Waals surface area (Å²) >= 11 is 6.36. The van der Waals surface area contributed by atoms with Gasteiger partial charge in [0.25, 0.3) is 0 Å². The highest BCUT2D eigenvalue weighted by Crippen LogP contribution is 2.32. The third-order valence-corrected chi connectivity index (χ3v) is 3.27. The number of hydrogen-bond donors (Lipinski definition) is 1. The lowest BCUT2D eigenvalue weighted by Gasteiger charge is -2.11. The number of nitrogen functional groups attached to an aromatic ring is 1. The second-order valence-corrected chi connectivity index (χ2v) is 4.43. The van der Waals surface area contributed by atoms with Crippen molar-refractivity contribution in [1.29, 1.82) is 0 Å². The molecule has 0 bridgehead atoms. The normalized spacial score (nSPS) is 10.5. The van der Waals surface area contributed by atoms with E-state index in [9.17, 15) is 0 Å². The monoisotopic (exact) mass is 246 g/mol. The van der Waals surface area contributed by atoms with E-state index < -0.39 is 0 Å². The fourth-order valence-corrected chi connectivity index (χ4v) is 2.22. The number of aromatic nitrogens is 1. The average Bonchev–Trinajstić information content (AvgIpc) is 2.33. The molecule has 3 heteroatoms. The summed E-state index contributed by atoms with van der Waals surface area (Å²) in [4.78, 5) is 4.27. The summed E-state index contributed by atoms with van der Waals surface area (Å²) in [6.45, 7) is 4.10. The third kappa shape index (κ3) is 2.27. The minimum absolute atomic E-state index is 0.726. The molecule has 1 heterocycles. The van der Waals surface area contributed by atoms with Gasteiger partial charge in [-0.05, 0) is 42.7 Å². The Hall–Kier alpha value is -1.54. The number of pyridine rings is 1. The number of nitrogens with zero attached hydrogens (tertiary/aromatic N) is 1. The average molecular weight is 247 g/mol. The van der Waals surface area contributed by atoms with Crippen LogP contribution >= 0.6 is 11.6 Å². The Morgan fingerprint density at radius 2 is 2.00 bits per heavy atom. The molecule has 0 saturated carbocycles. The molecule has 0 spiro atoms. The molecule has 0 radical (unpaired) electrons.